The van der Waals surface area contributed by atoms with Crippen molar-refractivity contribution in [3.8, 4) is 11.3 Å². The van der Waals surface area contributed by atoms with Gasteiger partial charge in [0.1, 0.15) is 11.4 Å². The zero-order valence-corrected chi connectivity index (χ0v) is 22.8. The summed E-state index contributed by atoms with van der Waals surface area (Å²) in [5.74, 6) is -3.19. The predicted molar refractivity (Wildman–Crippen MR) is 142 cm³/mol. The molecule has 43 heavy (non-hydrogen) atoms. The molecule has 0 fully saturated rings. The van der Waals surface area contributed by atoms with Gasteiger partial charge in [0, 0.05) is 18.0 Å². The lowest BCUT2D eigenvalue weighted by Gasteiger charge is -2.21. The number of pyridine rings is 1. The Labute approximate surface area is 242 Å². The monoisotopic (exact) mass is 627 g/mol. The minimum atomic E-state index is -5.08. The molecule has 17 heteroatoms. The van der Waals surface area contributed by atoms with E-state index in [9.17, 15) is 31.1 Å². The normalized spacial score (nSPS) is 12.6. The Bertz CT molecular complexity index is 1830. The van der Waals surface area contributed by atoms with E-state index in [0.29, 0.717) is 16.8 Å². The average Bonchev–Trinajstić information content (AvgIpc) is 3.45. The molecule has 1 atom stereocenters. The number of rotatable bonds is 4. The summed E-state index contributed by atoms with van der Waals surface area (Å²) in [6, 6.07) is 11.2. The van der Waals surface area contributed by atoms with Crippen molar-refractivity contribution in [2.75, 3.05) is 5.73 Å². The molecule has 1 aromatic carbocycles. The number of anilines is 1. The molecule has 0 bridgehead atoms. The summed E-state index contributed by atoms with van der Waals surface area (Å²) in [7, 11) is 0. The molecule has 226 valence electrons. The third kappa shape index (κ3) is 6.18. The van der Waals surface area contributed by atoms with Crippen molar-refractivity contribution >= 4 is 40.5 Å². The Morgan fingerprint density at radius 3 is 2.30 bits per heavy atom. The fourth-order valence-electron chi connectivity index (χ4n) is 4.32. The van der Waals surface area contributed by atoms with Gasteiger partial charge in [-0.05, 0) is 31.5 Å². The number of benzene rings is 1. The summed E-state index contributed by atoms with van der Waals surface area (Å²) in [6.45, 7) is 3.18. The molecule has 4 aromatic heterocycles. The predicted octanol–water partition coefficient (Wildman–Crippen LogP) is 5.73. The molecule has 1 amide bonds. The van der Waals surface area contributed by atoms with E-state index in [4.69, 9.17) is 27.2 Å². The van der Waals surface area contributed by atoms with Crippen LogP contribution in [0.4, 0.5) is 32.2 Å². The Morgan fingerprint density at radius 1 is 1.09 bits per heavy atom. The third-order valence-corrected chi connectivity index (χ3v) is 6.36. The van der Waals surface area contributed by atoms with Gasteiger partial charge in [0.05, 0.1) is 22.3 Å². The van der Waals surface area contributed by atoms with Gasteiger partial charge in [0.2, 0.25) is 0 Å². The van der Waals surface area contributed by atoms with Gasteiger partial charge in [0.25, 0.3) is 5.91 Å². The van der Waals surface area contributed by atoms with Crippen molar-refractivity contribution in [2.45, 2.75) is 32.2 Å². The second-order valence-corrected chi connectivity index (χ2v) is 9.41. The van der Waals surface area contributed by atoms with Gasteiger partial charge in [-0.25, -0.2) is 19.3 Å². The lowest BCUT2D eigenvalue weighted by atomic mass is 9.99. The molecular formula is C26H20ClF6N7O3. The van der Waals surface area contributed by atoms with Crippen LogP contribution in [0.5, 0.6) is 0 Å². The van der Waals surface area contributed by atoms with E-state index in [1.807, 2.05) is 0 Å². The van der Waals surface area contributed by atoms with Crippen LogP contribution in [0.15, 0.2) is 54.9 Å². The number of aliphatic carboxylic acids is 1. The van der Waals surface area contributed by atoms with E-state index in [0.717, 1.165) is 0 Å². The van der Waals surface area contributed by atoms with Crippen molar-refractivity contribution in [1.82, 2.24) is 29.3 Å². The van der Waals surface area contributed by atoms with Crippen LogP contribution in [0.25, 0.3) is 22.4 Å². The first-order valence-electron chi connectivity index (χ1n) is 12.1. The van der Waals surface area contributed by atoms with E-state index in [1.165, 1.54) is 28.1 Å². The zero-order valence-electron chi connectivity index (χ0n) is 22.0. The number of nitrogens with zero attached hydrogens (tertiary/aromatic N) is 5. The molecule has 0 spiro atoms. The summed E-state index contributed by atoms with van der Waals surface area (Å²) in [4.78, 5) is 30.1. The van der Waals surface area contributed by atoms with Crippen LogP contribution in [0.2, 0.25) is 5.02 Å². The Hall–Kier alpha value is -4.86. The van der Waals surface area contributed by atoms with Crippen LogP contribution >= 0.6 is 11.6 Å². The third-order valence-electron chi connectivity index (χ3n) is 6.07. The van der Waals surface area contributed by atoms with Gasteiger partial charge in [0.15, 0.2) is 17.2 Å². The van der Waals surface area contributed by atoms with E-state index in [-0.39, 0.29) is 33.4 Å². The molecule has 10 nitrogen and oxygen atoms in total. The standard InChI is InChI=1S/C24H19ClF3N7O.C2HF3O2/c1-12(31-23(36)17-21(29)33-34-10-6-9-30-22(17)34)15-11-16(25)19-20(24(26,27)28)32-13(2)35(19)18(15)14-7-4-3-5-8-14;3-2(4,5)1(6)7/h3-12H,1-2H3,(H2,29,33)(H,31,36);(H,6,7). The summed E-state index contributed by atoms with van der Waals surface area (Å²) in [6.07, 6.45) is -6.66. The highest BCUT2D eigenvalue weighted by atomic mass is 35.5. The summed E-state index contributed by atoms with van der Waals surface area (Å²) in [5, 5.41) is 13.9. The minimum Gasteiger partial charge on any atom is -0.475 e. The van der Waals surface area contributed by atoms with Crippen LogP contribution in [-0.4, -0.2) is 47.1 Å². The van der Waals surface area contributed by atoms with E-state index >= 15 is 0 Å². The van der Waals surface area contributed by atoms with Gasteiger partial charge in [-0.3, -0.25) is 9.20 Å². The Kier molecular flexibility index (Phi) is 8.26. The van der Waals surface area contributed by atoms with Gasteiger partial charge < -0.3 is 16.2 Å². The summed E-state index contributed by atoms with van der Waals surface area (Å²) >= 11 is 6.41. The lowest BCUT2D eigenvalue weighted by molar-refractivity contribution is -0.192. The fraction of sp³-hybridized carbons (Fsp3) is 0.192. The number of imidazole rings is 1. The number of fused-ring (bicyclic) bond motifs is 2. The van der Waals surface area contributed by atoms with Crippen LogP contribution in [0.3, 0.4) is 0 Å². The second kappa shape index (κ2) is 11.4. The molecule has 5 rings (SSSR count). The number of carboxylic acid groups (broad SMARTS) is 1. The molecule has 0 aliphatic heterocycles. The number of aromatic nitrogens is 5. The molecule has 0 aliphatic rings. The maximum absolute atomic E-state index is 13.8. The minimum absolute atomic E-state index is 0.00422. The molecule has 4 N–H and O–H groups in total. The van der Waals surface area contributed by atoms with Crippen molar-refractivity contribution in [3.05, 3.63) is 82.5 Å². The van der Waals surface area contributed by atoms with Crippen LogP contribution in [0, 0.1) is 6.92 Å². The lowest BCUT2D eigenvalue weighted by Crippen LogP contribution is -2.28. The SMILES string of the molecule is Cc1nc(C(F)(F)F)c2c(Cl)cc(C(C)NC(=O)c3c(N)nn4cccnc34)c(-c3ccccc3)n12.O=C(O)C(F)(F)F. The van der Waals surface area contributed by atoms with Crippen molar-refractivity contribution in [2.24, 2.45) is 0 Å². The van der Waals surface area contributed by atoms with Crippen LogP contribution < -0.4 is 11.1 Å². The van der Waals surface area contributed by atoms with E-state index in [1.54, 1.807) is 49.5 Å². The summed E-state index contributed by atoms with van der Waals surface area (Å²) in [5.41, 5.74) is 6.56. The second-order valence-electron chi connectivity index (χ2n) is 9.00. The van der Waals surface area contributed by atoms with E-state index in [2.05, 4.69) is 20.4 Å². The number of nitrogens with one attached hydrogen (secondary N) is 1. The number of alkyl halides is 6. The number of carbonyl (C=O) groups is 2. The van der Waals surface area contributed by atoms with Gasteiger partial charge >= 0.3 is 18.3 Å². The maximum Gasteiger partial charge on any atom is 0.490 e. The smallest absolute Gasteiger partial charge is 0.475 e. The summed E-state index contributed by atoms with van der Waals surface area (Å²) < 4.78 is 75.9. The number of nitrogens with two attached hydrogens (primary N) is 1. The highest BCUT2D eigenvalue weighted by molar-refractivity contribution is 6.34. The molecule has 0 saturated heterocycles. The number of nitrogen functional groups attached to an aromatic ring is 1. The van der Waals surface area contributed by atoms with Crippen LogP contribution in [-0.2, 0) is 11.0 Å². The number of amides is 1. The molecular weight excluding hydrogens is 608 g/mol. The quantitative estimate of drug-likeness (QED) is 0.216. The van der Waals surface area contributed by atoms with Crippen molar-refractivity contribution in [3.63, 3.8) is 0 Å². The molecule has 4 heterocycles. The van der Waals surface area contributed by atoms with Gasteiger partial charge in [-0.1, -0.05) is 41.9 Å². The molecule has 5 aromatic rings. The molecule has 0 saturated carbocycles. The number of halogens is 7. The molecule has 0 radical (unpaired) electrons. The van der Waals surface area contributed by atoms with E-state index < -0.39 is 36.0 Å². The molecule has 1 unspecified atom stereocenters. The topological polar surface area (TPSA) is 140 Å². The van der Waals surface area contributed by atoms with Gasteiger partial charge in [-0.2, -0.15) is 26.3 Å². The highest BCUT2D eigenvalue weighted by Crippen LogP contribution is 2.40. The first kappa shape index (κ1) is 31.1. The maximum atomic E-state index is 13.8. The molecule has 0 aliphatic carbocycles. The first-order chi connectivity index (χ1) is 20.0. The number of aryl methyl sites for hydroxylation is 1. The average molecular weight is 628 g/mol. The number of hydrogen-bond donors (Lipinski definition) is 3. The fourth-order valence-corrected chi connectivity index (χ4v) is 4.61. The first-order valence-corrected chi connectivity index (χ1v) is 12.4. The number of carbonyl (C=O) groups excluding carboxylic acids is 1. The Morgan fingerprint density at radius 2 is 1.72 bits per heavy atom. The highest BCUT2D eigenvalue weighted by Gasteiger charge is 2.39. The van der Waals surface area contributed by atoms with Crippen LogP contribution in [0.1, 0.15) is 40.4 Å². The largest absolute Gasteiger partial charge is 0.490 e. The Balaban J connectivity index is 0.000000541. The van der Waals surface area contributed by atoms with Crippen molar-refractivity contribution in [1.29, 1.82) is 0 Å². The zero-order chi connectivity index (χ0) is 31.9. The number of hydrogen-bond acceptors (Lipinski definition) is 6. The van der Waals surface area contributed by atoms with Gasteiger partial charge in [-0.15, -0.1) is 5.10 Å². The number of carboxylic acids is 1. The van der Waals surface area contributed by atoms with Crippen molar-refractivity contribution < 1.29 is 41.0 Å².